The van der Waals surface area contributed by atoms with Crippen molar-refractivity contribution in [2.75, 3.05) is 0 Å². The molecule has 0 radical (unpaired) electrons. The molecule has 4 rings (SSSR count). The molecule has 41 heavy (non-hydrogen) atoms. The molecular formula is C32H44O9. The Morgan fingerprint density at radius 3 is 2.15 bits per heavy atom. The smallest absolute Gasteiger partial charge is 0.306 e. The van der Waals surface area contributed by atoms with Crippen molar-refractivity contribution >= 4 is 35.1 Å². The highest BCUT2D eigenvalue weighted by Crippen LogP contribution is 2.70. The van der Waals surface area contributed by atoms with E-state index in [4.69, 9.17) is 4.74 Å². The van der Waals surface area contributed by atoms with E-state index in [1.807, 2.05) is 20.8 Å². The molecule has 0 bridgehead atoms. The number of carboxylic acid groups (broad SMARTS) is 1. The topological polar surface area (TPSA) is 152 Å². The fourth-order valence-corrected chi connectivity index (χ4v) is 9.17. The lowest BCUT2D eigenvalue weighted by Crippen LogP contribution is -2.65. The van der Waals surface area contributed by atoms with E-state index in [1.165, 1.54) is 13.8 Å². The third kappa shape index (κ3) is 4.28. The molecule has 0 spiro atoms. The number of fused-ring (bicyclic) bond motifs is 4. The largest absolute Gasteiger partial charge is 0.481 e. The normalized spacial score (nSPS) is 39.4. The molecule has 0 aromatic carbocycles. The SMILES string of the molecule is CC(=O)O[C@@H]1C(=O)C2=C(C(=O)CC3C(C)(C)[C@@H](O)CC[C@]23C)[C@]2(C)C(=O)C[C@H]([C@H](C)CC(=O)CC(C)C(=O)O)[C@@]12C. The van der Waals surface area contributed by atoms with Gasteiger partial charge in [0.25, 0.3) is 0 Å². The average molecular weight is 573 g/mol. The number of hydrogen-bond donors (Lipinski definition) is 2. The second-order valence-corrected chi connectivity index (χ2v) is 14.4. The Hall–Kier alpha value is -2.68. The van der Waals surface area contributed by atoms with Gasteiger partial charge in [-0.25, -0.2) is 0 Å². The van der Waals surface area contributed by atoms with Gasteiger partial charge in [-0.2, -0.15) is 0 Å². The van der Waals surface area contributed by atoms with Gasteiger partial charge in [0, 0.05) is 54.6 Å². The quantitative estimate of drug-likeness (QED) is 0.433. The molecule has 0 heterocycles. The molecule has 0 amide bonds. The molecular weight excluding hydrogens is 528 g/mol. The predicted octanol–water partition coefficient (Wildman–Crippen LogP) is 3.88. The van der Waals surface area contributed by atoms with E-state index in [1.54, 1.807) is 20.8 Å². The van der Waals surface area contributed by atoms with Crippen LogP contribution in [0.4, 0.5) is 0 Å². The molecule has 0 aromatic rings. The predicted molar refractivity (Wildman–Crippen MR) is 147 cm³/mol. The van der Waals surface area contributed by atoms with E-state index in [2.05, 4.69) is 0 Å². The number of Topliss-reactive ketones (excluding diaryl/α,β-unsaturated/α-hetero) is 4. The summed E-state index contributed by atoms with van der Waals surface area (Å²) in [6.07, 6.45) is -1.19. The van der Waals surface area contributed by atoms with Crippen LogP contribution in [0.25, 0.3) is 0 Å². The number of ether oxygens (including phenoxy) is 1. The summed E-state index contributed by atoms with van der Waals surface area (Å²) in [5, 5.41) is 20.1. The highest BCUT2D eigenvalue weighted by molar-refractivity contribution is 6.18. The summed E-state index contributed by atoms with van der Waals surface area (Å²) in [6.45, 7) is 13.6. The lowest BCUT2D eigenvalue weighted by Gasteiger charge is -2.61. The zero-order chi connectivity index (χ0) is 31.0. The maximum Gasteiger partial charge on any atom is 0.306 e. The van der Waals surface area contributed by atoms with Crippen LogP contribution in [0.2, 0.25) is 0 Å². The molecule has 4 aliphatic carbocycles. The lowest BCUT2D eigenvalue weighted by molar-refractivity contribution is -0.176. The van der Waals surface area contributed by atoms with Crippen LogP contribution in [-0.4, -0.2) is 57.5 Å². The Balaban J connectivity index is 1.88. The van der Waals surface area contributed by atoms with E-state index in [0.29, 0.717) is 12.8 Å². The number of aliphatic hydroxyl groups excluding tert-OH is 1. The van der Waals surface area contributed by atoms with Crippen LogP contribution in [-0.2, 0) is 33.5 Å². The van der Waals surface area contributed by atoms with Crippen molar-refractivity contribution in [3.05, 3.63) is 11.1 Å². The van der Waals surface area contributed by atoms with E-state index < -0.39 is 69.3 Å². The molecule has 2 saturated carbocycles. The summed E-state index contributed by atoms with van der Waals surface area (Å²) in [5.41, 5.74) is -3.73. The van der Waals surface area contributed by atoms with Gasteiger partial charge in [0.1, 0.15) is 11.6 Å². The second-order valence-electron chi connectivity index (χ2n) is 14.4. The number of ketones is 4. The summed E-state index contributed by atoms with van der Waals surface area (Å²) in [7, 11) is 0. The molecule has 2 unspecified atom stereocenters. The Bertz CT molecular complexity index is 1260. The van der Waals surface area contributed by atoms with Gasteiger partial charge in [-0.05, 0) is 42.9 Å². The number of aliphatic carboxylic acids is 1. The van der Waals surface area contributed by atoms with Gasteiger partial charge in [0.05, 0.1) is 17.4 Å². The van der Waals surface area contributed by atoms with Crippen LogP contribution in [0.5, 0.6) is 0 Å². The second kappa shape index (κ2) is 9.96. The highest BCUT2D eigenvalue weighted by atomic mass is 16.5. The number of carbonyl (C=O) groups is 6. The Kier molecular flexibility index (Phi) is 7.59. The average Bonchev–Trinajstić information content (AvgIpc) is 3.07. The zero-order valence-corrected chi connectivity index (χ0v) is 25.5. The number of aliphatic hydroxyl groups is 1. The summed E-state index contributed by atoms with van der Waals surface area (Å²) in [5.74, 6) is -5.24. The van der Waals surface area contributed by atoms with Crippen LogP contribution in [0.1, 0.15) is 93.9 Å². The minimum Gasteiger partial charge on any atom is -0.481 e. The van der Waals surface area contributed by atoms with Crippen LogP contribution < -0.4 is 0 Å². The molecule has 2 N–H and O–H groups in total. The molecule has 4 aliphatic rings. The van der Waals surface area contributed by atoms with E-state index in [0.717, 1.165) is 0 Å². The summed E-state index contributed by atoms with van der Waals surface area (Å²) >= 11 is 0. The number of hydrogen-bond acceptors (Lipinski definition) is 8. The molecule has 0 saturated heterocycles. The first-order valence-electron chi connectivity index (χ1n) is 14.7. The standard InChI is InChI=1S/C32H44O9/c1-15(11-18(34)12-16(2)28(39)40)19-13-23(37)32(8)24-20(35)14-21-29(4,5)22(36)9-10-30(21,6)25(24)26(38)27(31(19,32)7)41-17(3)33/h15-16,19,21-22,27,36H,9-14H2,1-8H3,(H,39,40)/t15-,16?,19-,21?,22+,27-,30+,31+,32+/m1/s1. The maximum atomic E-state index is 14.6. The van der Waals surface area contributed by atoms with Crippen molar-refractivity contribution in [1.29, 1.82) is 0 Å². The summed E-state index contributed by atoms with van der Waals surface area (Å²) in [4.78, 5) is 79.5. The Labute approximate surface area is 241 Å². The monoisotopic (exact) mass is 572 g/mol. The van der Waals surface area contributed by atoms with Gasteiger partial charge in [-0.3, -0.25) is 28.8 Å². The molecule has 2 fully saturated rings. The van der Waals surface area contributed by atoms with Crippen LogP contribution in [0, 0.1) is 45.3 Å². The minimum absolute atomic E-state index is 0.00458. The molecule has 9 atom stereocenters. The number of carbonyl (C=O) groups excluding carboxylic acids is 5. The van der Waals surface area contributed by atoms with Gasteiger partial charge in [0.15, 0.2) is 11.9 Å². The number of rotatable bonds is 7. The summed E-state index contributed by atoms with van der Waals surface area (Å²) < 4.78 is 5.80. The van der Waals surface area contributed by atoms with Gasteiger partial charge in [0.2, 0.25) is 5.78 Å². The van der Waals surface area contributed by atoms with Crippen molar-refractivity contribution in [1.82, 2.24) is 0 Å². The first kappa shape index (κ1) is 31.3. The van der Waals surface area contributed by atoms with Gasteiger partial charge >= 0.3 is 11.9 Å². The van der Waals surface area contributed by atoms with Crippen molar-refractivity contribution in [2.45, 2.75) is 106 Å². The Morgan fingerprint density at radius 1 is 0.976 bits per heavy atom. The first-order valence-corrected chi connectivity index (χ1v) is 14.7. The minimum atomic E-state index is -1.43. The van der Waals surface area contributed by atoms with E-state index in [9.17, 15) is 39.0 Å². The van der Waals surface area contributed by atoms with E-state index >= 15 is 0 Å². The van der Waals surface area contributed by atoms with Crippen molar-refractivity contribution in [3.8, 4) is 0 Å². The molecule has 0 aliphatic heterocycles. The van der Waals surface area contributed by atoms with Gasteiger partial charge in [-0.15, -0.1) is 0 Å². The summed E-state index contributed by atoms with van der Waals surface area (Å²) in [6, 6.07) is 0. The number of carboxylic acids is 1. The number of allylic oxidation sites excluding steroid dienone is 1. The fourth-order valence-electron chi connectivity index (χ4n) is 9.17. The lowest BCUT2D eigenvalue weighted by atomic mass is 9.42. The zero-order valence-electron chi connectivity index (χ0n) is 25.5. The maximum absolute atomic E-state index is 14.6. The number of esters is 1. The molecule has 9 nitrogen and oxygen atoms in total. The highest BCUT2D eigenvalue weighted by Gasteiger charge is 2.74. The molecule has 9 heteroatoms. The van der Waals surface area contributed by atoms with Crippen LogP contribution >= 0.6 is 0 Å². The van der Waals surface area contributed by atoms with Crippen molar-refractivity contribution in [2.24, 2.45) is 45.3 Å². The van der Waals surface area contributed by atoms with Crippen molar-refractivity contribution < 1.29 is 43.7 Å². The third-order valence-corrected chi connectivity index (χ3v) is 11.8. The van der Waals surface area contributed by atoms with Gasteiger partial charge < -0.3 is 14.9 Å². The molecule has 0 aromatic heterocycles. The Morgan fingerprint density at radius 2 is 1.59 bits per heavy atom. The van der Waals surface area contributed by atoms with E-state index in [-0.39, 0.29) is 60.1 Å². The fraction of sp³-hybridized carbons (Fsp3) is 0.750. The van der Waals surface area contributed by atoms with Crippen molar-refractivity contribution in [3.63, 3.8) is 0 Å². The molecule has 226 valence electrons. The third-order valence-electron chi connectivity index (χ3n) is 11.8. The van der Waals surface area contributed by atoms with Crippen LogP contribution in [0.15, 0.2) is 11.1 Å². The van der Waals surface area contributed by atoms with Crippen LogP contribution in [0.3, 0.4) is 0 Å². The van der Waals surface area contributed by atoms with Gasteiger partial charge in [-0.1, -0.05) is 41.5 Å². The first-order chi connectivity index (χ1) is 18.8.